The number of aryl methyl sites for hydroxylation is 1. The lowest BCUT2D eigenvalue weighted by atomic mass is 10.1. The Balaban J connectivity index is 1.81. The maximum Gasteiger partial charge on any atom is 0.326 e. The Labute approximate surface area is 171 Å². The average molecular weight is 381 g/mol. The lowest BCUT2D eigenvalue weighted by molar-refractivity contribution is 0.257. The predicted molar refractivity (Wildman–Crippen MR) is 119 cm³/mol. The summed E-state index contributed by atoms with van der Waals surface area (Å²) in [6.45, 7) is 2.52. The highest BCUT2D eigenvalue weighted by atomic mass is 16.2. The highest BCUT2D eigenvalue weighted by molar-refractivity contribution is 6.02. The van der Waals surface area contributed by atoms with Crippen molar-refractivity contribution in [2.45, 2.75) is 13.3 Å². The Morgan fingerprint density at radius 1 is 1.03 bits per heavy atom. The van der Waals surface area contributed by atoms with E-state index < -0.39 is 0 Å². The van der Waals surface area contributed by atoms with Crippen LogP contribution in [0.3, 0.4) is 0 Å². The van der Waals surface area contributed by atoms with E-state index in [1.807, 2.05) is 66.7 Å². The second kappa shape index (κ2) is 9.91. The summed E-state index contributed by atoms with van der Waals surface area (Å²) in [5, 5.41) is 12.0. The van der Waals surface area contributed by atoms with Gasteiger partial charge in [0.05, 0.1) is 11.6 Å². The summed E-state index contributed by atoms with van der Waals surface area (Å²) < 4.78 is 0. The number of hydrogen-bond donors (Lipinski definition) is 1. The monoisotopic (exact) mass is 381 g/mol. The topological polar surface area (TPSA) is 56.1 Å². The Morgan fingerprint density at radius 2 is 1.79 bits per heavy atom. The number of anilines is 2. The molecule has 0 saturated carbocycles. The number of hydrogen-bond acceptors (Lipinski definition) is 2. The summed E-state index contributed by atoms with van der Waals surface area (Å²) in [7, 11) is 0. The molecular formula is C25H23N3O. The Hall–Kier alpha value is -3.84. The summed E-state index contributed by atoms with van der Waals surface area (Å²) in [4.78, 5) is 14.7. The largest absolute Gasteiger partial charge is 0.326 e. The van der Waals surface area contributed by atoms with Crippen molar-refractivity contribution in [3.8, 4) is 6.07 Å². The van der Waals surface area contributed by atoms with Crippen molar-refractivity contribution in [2.24, 2.45) is 0 Å². The number of nitriles is 1. The maximum atomic E-state index is 13.0. The smallest absolute Gasteiger partial charge is 0.307 e. The van der Waals surface area contributed by atoms with Crippen molar-refractivity contribution < 1.29 is 4.79 Å². The van der Waals surface area contributed by atoms with Crippen LogP contribution < -0.4 is 10.2 Å². The number of rotatable bonds is 6. The fourth-order valence-corrected chi connectivity index (χ4v) is 2.93. The van der Waals surface area contributed by atoms with Crippen LogP contribution in [0.1, 0.15) is 23.6 Å². The molecule has 4 nitrogen and oxygen atoms in total. The first-order chi connectivity index (χ1) is 14.2. The van der Waals surface area contributed by atoms with Gasteiger partial charge in [-0.2, -0.15) is 5.26 Å². The Bertz CT molecular complexity index is 1020. The fraction of sp³-hybridized carbons (Fsp3) is 0.120. The molecule has 4 heteroatoms. The van der Waals surface area contributed by atoms with E-state index in [0.29, 0.717) is 17.8 Å². The minimum absolute atomic E-state index is 0.248. The number of carbonyl (C=O) groups excluding carboxylic acids is 1. The zero-order valence-corrected chi connectivity index (χ0v) is 16.4. The standard InChI is InChI=1S/C25H23N3O/c1-2-20-13-15-24(16-14-20)28(17-7-11-21-8-4-3-5-9-21)25(29)27-23-12-6-10-22(18-23)19-26/h3-16,18H,2,17H2,1H3,(H,27,29)/b11-7+. The summed E-state index contributed by atoms with van der Waals surface area (Å²) in [5.41, 5.74) is 4.21. The normalized spacial score (nSPS) is 10.5. The average Bonchev–Trinajstić information content (AvgIpc) is 2.77. The molecule has 0 aliphatic heterocycles. The van der Waals surface area contributed by atoms with E-state index in [2.05, 4.69) is 18.3 Å². The molecule has 3 aromatic rings. The van der Waals surface area contributed by atoms with Gasteiger partial charge in [0, 0.05) is 17.9 Å². The zero-order chi connectivity index (χ0) is 20.5. The van der Waals surface area contributed by atoms with Crippen molar-refractivity contribution in [1.82, 2.24) is 0 Å². The maximum absolute atomic E-state index is 13.0. The molecule has 0 unspecified atom stereocenters. The van der Waals surface area contributed by atoms with Crippen LogP contribution >= 0.6 is 0 Å². The lowest BCUT2D eigenvalue weighted by Gasteiger charge is -2.22. The molecule has 29 heavy (non-hydrogen) atoms. The van der Waals surface area contributed by atoms with E-state index in [1.165, 1.54) is 5.56 Å². The van der Waals surface area contributed by atoms with E-state index in [0.717, 1.165) is 17.7 Å². The van der Waals surface area contributed by atoms with E-state index >= 15 is 0 Å². The van der Waals surface area contributed by atoms with E-state index in [-0.39, 0.29) is 6.03 Å². The molecule has 0 atom stereocenters. The summed E-state index contributed by atoms with van der Waals surface area (Å²) >= 11 is 0. The molecule has 1 N–H and O–H groups in total. The third kappa shape index (κ3) is 5.57. The van der Waals surface area contributed by atoms with Crippen LogP contribution in [-0.2, 0) is 6.42 Å². The molecular weight excluding hydrogens is 358 g/mol. The third-order valence-corrected chi connectivity index (χ3v) is 4.54. The zero-order valence-electron chi connectivity index (χ0n) is 16.4. The highest BCUT2D eigenvalue weighted by Gasteiger charge is 2.15. The summed E-state index contributed by atoms with van der Waals surface area (Å²) in [6.07, 6.45) is 4.91. The highest BCUT2D eigenvalue weighted by Crippen LogP contribution is 2.19. The first kappa shape index (κ1) is 19.9. The van der Waals surface area contributed by atoms with Gasteiger partial charge in [0.25, 0.3) is 0 Å². The molecule has 0 saturated heterocycles. The SMILES string of the molecule is CCc1ccc(N(C/C=C/c2ccccc2)C(=O)Nc2cccc(C#N)c2)cc1. The molecule has 0 bridgehead atoms. The van der Waals surface area contributed by atoms with E-state index in [9.17, 15) is 4.79 Å². The number of benzene rings is 3. The molecule has 0 heterocycles. The number of nitrogens with one attached hydrogen (secondary N) is 1. The molecule has 0 spiro atoms. The molecule has 0 radical (unpaired) electrons. The molecule has 0 aliphatic rings. The van der Waals surface area contributed by atoms with Crippen molar-refractivity contribution in [3.05, 3.63) is 102 Å². The number of nitrogens with zero attached hydrogens (tertiary/aromatic N) is 2. The van der Waals surface area contributed by atoms with Crippen LogP contribution in [0, 0.1) is 11.3 Å². The van der Waals surface area contributed by atoms with Gasteiger partial charge in [-0.3, -0.25) is 4.90 Å². The Kier molecular flexibility index (Phi) is 6.80. The van der Waals surface area contributed by atoms with Gasteiger partial charge >= 0.3 is 6.03 Å². The van der Waals surface area contributed by atoms with Gasteiger partial charge in [0.2, 0.25) is 0 Å². The molecule has 3 aromatic carbocycles. The Morgan fingerprint density at radius 3 is 2.48 bits per heavy atom. The van der Waals surface area contributed by atoms with Gasteiger partial charge in [0.1, 0.15) is 0 Å². The fourth-order valence-electron chi connectivity index (χ4n) is 2.93. The van der Waals surface area contributed by atoms with Gasteiger partial charge in [-0.05, 0) is 47.9 Å². The van der Waals surface area contributed by atoms with Crippen molar-refractivity contribution >= 4 is 23.5 Å². The van der Waals surface area contributed by atoms with Crippen LogP contribution in [0.2, 0.25) is 0 Å². The minimum Gasteiger partial charge on any atom is -0.307 e. The number of urea groups is 1. The lowest BCUT2D eigenvalue weighted by Crippen LogP contribution is -2.35. The van der Waals surface area contributed by atoms with E-state index in [4.69, 9.17) is 5.26 Å². The van der Waals surface area contributed by atoms with Crippen LogP contribution in [0.5, 0.6) is 0 Å². The van der Waals surface area contributed by atoms with Crippen LogP contribution in [-0.4, -0.2) is 12.6 Å². The first-order valence-corrected chi connectivity index (χ1v) is 9.59. The predicted octanol–water partition coefficient (Wildman–Crippen LogP) is 5.87. The molecule has 144 valence electrons. The molecule has 0 aromatic heterocycles. The summed E-state index contributed by atoms with van der Waals surface area (Å²) in [5.74, 6) is 0. The van der Waals surface area contributed by atoms with Crippen molar-refractivity contribution in [1.29, 1.82) is 5.26 Å². The molecule has 2 amide bonds. The van der Waals surface area contributed by atoms with Crippen LogP contribution in [0.4, 0.5) is 16.2 Å². The van der Waals surface area contributed by atoms with Gasteiger partial charge < -0.3 is 5.32 Å². The van der Waals surface area contributed by atoms with Gasteiger partial charge in [-0.25, -0.2) is 4.79 Å². The van der Waals surface area contributed by atoms with Gasteiger partial charge in [0.15, 0.2) is 0 Å². The van der Waals surface area contributed by atoms with E-state index in [1.54, 1.807) is 29.2 Å². The van der Waals surface area contributed by atoms with Crippen molar-refractivity contribution in [2.75, 3.05) is 16.8 Å². The second-order valence-electron chi connectivity index (χ2n) is 6.57. The van der Waals surface area contributed by atoms with Gasteiger partial charge in [-0.1, -0.05) is 67.6 Å². The van der Waals surface area contributed by atoms with Crippen LogP contribution in [0.15, 0.2) is 84.9 Å². The molecule has 0 aliphatic carbocycles. The summed E-state index contributed by atoms with van der Waals surface area (Å²) in [6, 6.07) is 26.7. The molecule has 3 rings (SSSR count). The first-order valence-electron chi connectivity index (χ1n) is 9.59. The second-order valence-corrected chi connectivity index (χ2v) is 6.57. The number of carbonyl (C=O) groups is 1. The quantitative estimate of drug-likeness (QED) is 0.580. The molecule has 0 fully saturated rings. The third-order valence-electron chi connectivity index (χ3n) is 4.54. The van der Waals surface area contributed by atoms with Crippen LogP contribution in [0.25, 0.3) is 6.08 Å². The van der Waals surface area contributed by atoms with Crippen molar-refractivity contribution in [3.63, 3.8) is 0 Å². The number of amides is 2. The minimum atomic E-state index is -0.248. The van der Waals surface area contributed by atoms with Gasteiger partial charge in [-0.15, -0.1) is 0 Å².